The van der Waals surface area contributed by atoms with Gasteiger partial charge in [-0.15, -0.1) is 0 Å². The molecule has 7 nitrogen and oxygen atoms in total. The lowest BCUT2D eigenvalue weighted by atomic mass is 9.96. The van der Waals surface area contributed by atoms with Crippen molar-refractivity contribution in [2.45, 2.75) is 18.3 Å². The molecule has 1 aliphatic carbocycles. The molecule has 20 heavy (non-hydrogen) atoms. The van der Waals surface area contributed by atoms with Crippen molar-refractivity contribution in [2.24, 2.45) is 0 Å². The minimum Gasteiger partial charge on any atom is -0.399 e. The van der Waals surface area contributed by atoms with E-state index < -0.39 is 0 Å². The van der Waals surface area contributed by atoms with Crippen LogP contribution in [0.4, 0.5) is 5.69 Å². The number of aromatic nitrogens is 5. The first-order valence-electron chi connectivity index (χ1n) is 6.34. The van der Waals surface area contributed by atoms with Crippen LogP contribution in [0.3, 0.4) is 0 Å². The smallest absolute Gasteiger partial charge is 0.237 e. The zero-order chi connectivity index (χ0) is 13.6. The highest BCUT2D eigenvalue weighted by Crippen LogP contribution is 2.53. The summed E-state index contributed by atoms with van der Waals surface area (Å²) in [5.74, 6) is 1.08. The number of hydrogen-bond acceptors (Lipinski definition) is 6. The monoisotopic (exact) mass is 268 g/mol. The Kier molecular flexibility index (Phi) is 2.17. The van der Waals surface area contributed by atoms with E-state index in [4.69, 9.17) is 10.3 Å². The first kappa shape index (κ1) is 11.2. The van der Waals surface area contributed by atoms with Crippen LogP contribution in [-0.4, -0.2) is 25.6 Å². The van der Waals surface area contributed by atoms with E-state index in [0.29, 0.717) is 17.4 Å². The summed E-state index contributed by atoms with van der Waals surface area (Å²) in [6.45, 7) is 0. The molecule has 1 aliphatic rings. The van der Waals surface area contributed by atoms with Crippen LogP contribution in [0.5, 0.6) is 0 Å². The fourth-order valence-corrected chi connectivity index (χ4v) is 2.38. The molecule has 100 valence electrons. The lowest BCUT2D eigenvalue weighted by molar-refractivity contribution is 0.360. The summed E-state index contributed by atoms with van der Waals surface area (Å²) in [6, 6.07) is 7.82. The molecule has 0 saturated heterocycles. The average molecular weight is 268 g/mol. The number of anilines is 1. The molecule has 1 fully saturated rings. The predicted molar refractivity (Wildman–Crippen MR) is 70.5 cm³/mol. The van der Waals surface area contributed by atoms with Crippen LogP contribution in [0.15, 0.2) is 35.0 Å². The van der Waals surface area contributed by atoms with Crippen LogP contribution in [0, 0.1) is 0 Å². The summed E-state index contributed by atoms with van der Waals surface area (Å²) < 4.78 is 5.43. The number of benzene rings is 1. The van der Waals surface area contributed by atoms with Gasteiger partial charge in [0.2, 0.25) is 11.7 Å². The van der Waals surface area contributed by atoms with Crippen molar-refractivity contribution in [1.29, 1.82) is 0 Å². The summed E-state index contributed by atoms with van der Waals surface area (Å²) >= 11 is 0. The molecule has 3 N–H and O–H groups in total. The van der Waals surface area contributed by atoms with Crippen molar-refractivity contribution < 1.29 is 4.52 Å². The van der Waals surface area contributed by atoms with Gasteiger partial charge in [0.15, 0.2) is 5.69 Å². The van der Waals surface area contributed by atoms with E-state index in [-0.39, 0.29) is 5.41 Å². The molecule has 0 aliphatic heterocycles. The third-order valence-electron chi connectivity index (χ3n) is 3.69. The first-order valence-corrected chi connectivity index (χ1v) is 6.34. The Hall–Kier alpha value is -2.70. The quantitative estimate of drug-likeness (QED) is 0.697. The topological polar surface area (TPSA) is 107 Å². The molecule has 7 heteroatoms. The van der Waals surface area contributed by atoms with E-state index in [2.05, 4.69) is 25.6 Å². The highest BCUT2D eigenvalue weighted by Gasteiger charge is 2.51. The van der Waals surface area contributed by atoms with Gasteiger partial charge in [-0.3, -0.25) is 0 Å². The van der Waals surface area contributed by atoms with Crippen LogP contribution in [0.1, 0.15) is 24.3 Å². The van der Waals surface area contributed by atoms with E-state index in [1.165, 1.54) is 0 Å². The van der Waals surface area contributed by atoms with Gasteiger partial charge < -0.3 is 10.3 Å². The van der Waals surface area contributed by atoms with Crippen molar-refractivity contribution in [1.82, 2.24) is 25.6 Å². The van der Waals surface area contributed by atoms with Gasteiger partial charge in [0, 0.05) is 5.69 Å². The Morgan fingerprint density at radius 2 is 2.00 bits per heavy atom. The van der Waals surface area contributed by atoms with Crippen molar-refractivity contribution in [2.75, 3.05) is 5.73 Å². The van der Waals surface area contributed by atoms with Crippen LogP contribution in [0.25, 0.3) is 11.5 Å². The fraction of sp³-hybridized carbons (Fsp3) is 0.231. The number of nitrogens with zero attached hydrogens (tertiary/aromatic N) is 4. The molecule has 0 amide bonds. The minimum atomic E-state index is -0.164. The molecule has 1 saturated carbocycles. The molecule has 2 heterocycles. The Balaban J connectivity index is 1.72. The summed E-state index contributed by atoms with van der Waals surface area (Å²) in [4.78, 5) is 4.45. The minimum absolute atomic E-state index is 0.164. The summed E-state index contributed by atoms with van der Waals surface area (Å²) in [6.07, 6.45) is 3.56. The molecule has 2 aromatic heterocycles. The third-order valence-corrected chi connectivity index (χ3v) is 3.69. The normalized spacial score (nSPS) is 16.2. The highest BCUT2D eigenvalue weighted by atomic mass is 16.5. The van der Waals surface area contributed by atoms with E-state index >= 15 is 0 Å². The standard InChI is InChI=1S/C13H12N6O/c14-9-3-1-8(2-4-9)13(5-6-13)12-16-11(18-20-12)10-7-15-19-17-10/h1-4,7H,5-6,14H2,(H,15,17,19). The maximum atomic E-state index is 5.73. The van der Waals surface area contributed by atoms with Gasteiger partial charge in [-0.1, -0.05) is 17.3 Å². The maximum absolute atomic E-state index is 5.73. The highest BCUT2D eigenvalue weighted by molar-refractivity contribution is 5.49. The van der Waals surface area contributed by atoms with Crippen molar-refractivity contribution >= 4 is 5.69 Å². The molecule has 0 bridgehead atoms. The lowest BCUT2D eigenvalue weighted by Crippen LogP contribution is -2.09. The molecule has 0 atom stereocenters. The van der Waals surface area contributed by atoms with E-state index in [0.717, 1.165) is 24.1 Å². The molecular weight excluding hydrogens is 256 g/mol. The van der Waals surface area contributed by atoms with Gasteiger partial charge in [0.05, 0.1) is 11.6 Å². The number of nitrogen functional groups attached to an aromatic ring is 1. The molecule has 0 radical (unpaired) electrons. The second-order valence-corrected chi connectivity index (χ2v) is 4.98. The van der Waals surface area contributed by atoms with E-state index in [1.807, 2.05) is 24.3 Å². The SMILES string of the molecule is Nc1ccc(C2(c3nc(-c4cn[nH]n4)no3)CC2)cc1. The molecule has 0 spiro atoms. The zero-order valence-electron chi connectivity index (χ0n) is 10.6. The van der Waals surface area contributed by atoms with Gasteiger partial charge in [0.1, 0.15) is 0 Å². The molecular formula is C13H12N6O. The van der Waals surface area contributed by atoms with Crippen molar-refractivity contribution in [3.8, 4) is 11.5 Å². The van der Waals surface area contributed by atoms with Gasteiger partial charge in [-0.05, 0) is 30.5 Å². The second kappa shape index (κ2) is 3.89. The molecule has 3 aromatic rings. The van der Waals surface area contributed by atoms with Gasteiger partial charge >= 0.3 is 0 Å². The Labute approximate surface area is 114 Å². The van der Waals surface area contributed by atoms with Crippen molar-refractivity contribution in [3.63, 3.8) is 0 Å². The van der Waals surface area contributed by atoms with E-state index in [1.54, 1.807) is 6.20 Å². The summed E-state index contributed by atoms with van der Waals surface area (Å²) in [5.41, 5.74) is 8.04. The van der Waals surface area contributed by atoms with Crippen LogP contribution < -0.4 is 5.73 Å². The first-order chi connectivity index (χ1) is 9.78. The Bertz CT molecular complexity index is 727. The third kappa shape index (κ3) is 1.59. The van der Waals surface area contributed by atoms with Gasteiger partial charge in [0.25, 0.3) is 0 Å². The summed E-state index contributed by atoms with van der Waals surface area (Å²) in [5, 5.41) is 14.2. The largest absolute Gasteiger partial charge is 0.399 e. The predicted octanol–water partition coefficient (Wildman–Crippen LogP) is 1.52. The molecule has 4 rings (SSSR count). The zero-order valence-corrected chi connectivity index (χ0v) is 10.6. The summed E-state index contributed by atoms with van der Waals surface area (Å²) in [7, 11) is 0. The van der Waals surface area contributed by atoms with Gasteiger partial charge in [-0.2, -0.15) is 20.4 Å². The number of hydrogen-bond donors (Lipinski definition) is 2. The number of nitrogens with two attached hydrogens (primary N) is 1. The van der Waals surface area contributed by atoms with Crippen LogP contribution in [0.2, 0.25) is 0 Å². The second-order valence-electron chi connectivity index (χ2n) is 4.98. The maximum Gasteiger partial charge on any atom is 0.237 e. The number of rotatable bonds is 3. The molecule has 1 aromatic carbocycles. The fourth-order valence-electron chi connectivity index (χ4n) is 2.38. The number of aromatic amines is 1. The lowest BCUT2D eigenvalue weighted by Gasteiger charge is -2.10. The Morgan fingerprint density at radius 1 is 1.20 bits per heavy atom. The molecule has 0 unspecified atom stereocenters. The van der Waals surface area contributed by atoms with Crippen LogP contribution in [-0.2, 0) is 5.41 Å². The number of nitrogens with one attached hydrogen (secondary N) is 1. The van der Waals surface area contributed by atoms with Crippen molar-refractivity contribution in [3.05, 3.63) is 41.9 Å². The Morgan fingerprint density at radius 3 is 2.65 bits per heavy atom. The average Bonchev–Trinajstić information content (AvgIpc) is 2.93. The van der Waals surface area contributed by atoms with Crippen LogP contribution >= 0.6 is 0 Å². The van der Waals surface area contributed by atoms with E-state index in [9.17, 15) is 0 Å². The number of H-pyrrole nitrogens is 1. The van der Waals surface area contributed by atoms with Gasteiger partial charge in [-0.25, -0.2) is 0 Å².